The molecule has 0 aliphatic carbocycles. The molecule has 0 spiro atoms. The molecule has 2 aromatic rings. The van der Waals surface area contributed by atoms with E-state index in [0.29, 0.717) is 11.5 Å². The molecule has 1 aromatic heterocycles. The number of hydrogen-bond donors (Lipinski definition) is 2. The van der Waals surface area contributed by atoms with Crippen molar-refractivity contribution in [2.24, 2.45) is 0 Å². The molecule has 0 atom stereocenters. The maximum Gasteiger partial charge on any atom is 0.293 e. The van der Waals surface area contributed by atoms with Crippen LogP contribution in [-0.4, -0.2) is 27.0 Å². The van der Waals surface area contributed by atoms with Crippen LogP contribution in [0.3, 0.4) is 0 Å². The third-order valence-electron chi connectivity index (χ3n) is 2.44. The van der Waals surface area contributed by atoms with Gasteiger partial charge in [0.2, 0.25) is 0 Å². The van der Waals surface area contributed by atoms with Gasteiger partial charge in [-0.2, -0.15) is 0 Å². The van der Waals surface area contributed by atoms with Crippen LogP contribution in [-0.2, 0) is 0 Å². The molecule has 0 aliphatic rings. The van der Waals surface area contributed by atoms with E-state index < -0.39 is 10.8 Å². The number of carbonyl (C=O) groups is 1. The van der Waals surface area contributed by atoms with E-state index in [-0.39, 0.29) is 16.9 Å². The second kappa shape index (κ2) is 6.06. The van der Waals surface area contributed by atoms with Gasteiger partial charge in [-0.1, -0.05) is 10.6 Å². The minimum atomic E-state index is -0.525. The van der Waals surface area contributed by atoms with Crippen molar-refractivity contribution in [1.29, 1.82) is 0 Å². The lowest BCUT2D eigenvalue weighted by atomic mass is 10.1. The fourth-order valence-corrected chi connectivity index (χ4v) is 2.06. The number of aromatic nitrogens is 2. The molecule has 0 saturated heterocycles. The number of hydrogen-bond acceptors (Lipinski definition) is 7. The summed E-state index contributed by atoms with van der Waals surface area (Å²) in [4.78, 5) is 22.6. The standard InChI is InChI=1S/C11H11N5O3S/c1-2-12-10-7(4-3-5-8(10)16(18)19)11(17)14-9-6-13-15-20-9/h3-6,12H,2H2,1H3,(H,14,17). The first-order valence-electron chi connectivity index (χ1n) is 5.73. The third kappa shape index (κ3) is 2.88. The zero-order chi connectivity index (χ0) is 14.5. The Balaban J connectivity index is 2.37. The smallest absolute Gasteiger partial charge is 0.293 e. The van der Waals surface area contributed by atoms with Gasteiger partial charge in [0, 0.05) is 24.1 Å². The molecular weight excluding hydrogens is 282 g/mol. The van der Waals surface area contributed by atoms with Gasteiger partial charge in [0.05, 0.1) is 16.7 Å². The van der Waals surface area contributed by atoms with Crippen LogP contribution in [0.1, 0.15) is 17.3 Å². The van der Waals surface area contributed by atoms with Gasteiger partial charge >= 0.3 is 0 Å². The van der Waals surface area contributed by atoms with Crippen LogP contribution in [0, 0.1) is 10.1 Å². The van der Waals surface area contributed by atoms with Crippen molar-refractivity contribution in [3.63, 3.8) is 0 Å². The summed E-state index contributed by atoms with van der Waals surface area (Å²) in [5, 5.41) is 20.5. The van der Waals surface area contributed by atoms with Gasteiger partial charge in [0.1, 0.15) is 10.7 Å². The Morgan fingerprint density at radius 1 is 1.50 bits per heavy atom. The molecule has 0 bridgehead atoms. The van der Waals surface area contributed by atoms with E-state index in [9.17, 15) is 14.9 Å². The van der Waals surface area contributed by atoms with E-state index in [0.717, 1.165) is 11.5 Å². The first-order valence-corrected chi connectivity index (χ1v) is 6.50. The van der Waals surface area contributed by atoms with Crippen LogP contribution in [0.2, 0.25) is 0 Å². The molecule has 2 N–H and O–H groups in total. The average Bonchev–Trinajstić information content (AvgIpc) is 2.91. The van der Waals surface area contributed by atoms with Crippen molar-refractivity contribution in [2.75, 3.05) is 17.2 Å². The molecule has 0 unspecified atom stereocenters. The van der Waals surface area contributed by atoms with Gasteiger partial charge < -0.3 is 10.6 Å². The molecule has 20 heavy (non-hydrogen) atoms. The molecule has 8 nitrogen and oxygen atoms in total. The second-order valence-electron chi connectivity index (χ2n) is 3.72. The largest absolute Gasteiger partial charge is 0.379 e. The van der Waals surface area contributed by atoms with E-state index in [4.69, 9.17) is 0 Å². The van der Waals surface area contributed by atoms with Crippen LogP contribution < -0.4 is 10.6 Å². The molecule has 1 heterocycles. The summed E-state index contributed by atoms with van der Waals surface area (Å²) in [6, 6.07) is 4.34. The predicted molar refractivity (Wildman–Crippen MR) is 75.1 cm³/mol. The summed E-state index contributed by atoms with van der Waals surface area (Å²) in [6.45, 7) is 2.26. The van der Waals surface area contributed by atoms with Crippen LogP contribution in [0.15, 0.2) is 24.4 Å². The van der Waals surface area contributed by atoms with Crippen LogP contribution >= 0.6 is 11.5 Å². The Morgan fingerprint density at radius 3 is 2.90 bits per heavy atom. The Morgan fingerprint density at radius 2 is 2.30 bits per heavy atom. The highest BCUT2D eigenvalue weighted by Crippen LogP contribution is 2.29. The molecule has 2 rings (SSSR count). The minimum absolute atomic E-state index is 0.137. The van der Waals surface area contributed by atoms with Crippen molar-refractivity contribution < 1.29 is 9.72 Å². The van der Waals surface area contributed by atoms with Crippen molar-refractivity contribution in [1.82, 2.24) is 9.59 Å². The Hall–Kier alpha value is -2.55. The second-order valence-corrected chi connectivity index (χ2v) is 4.51. The molecular formula is C11H11N5O3S. The van der Waals surface area contributed by atoms with E-state index in [1.54, 1.807) is 6.92 Å². The summed E-state index contributed by atoms with van der Waals surface area (Å²) in [5.74, 6) is -0.448. The maximum absolute atomic E-state index is 12.2. The summed E-state index contributed by atoms with van der Waals surface area (Å²) < 4.78 is 3.63. The monoisotopic (exact) mass is 293 g/mol. The number of nitrogens with zero attached hydrogens (tertiary/aromatic N) is 3. The van der Waals surface area contributed by atoms with Crippen LogP contribution in [0.5, 0.6) is 0 Å². The first kappa shape index (κ1) is 13.9. The zero-order valence-electron chi connectivity index (χ0n) is 10.5. The van der Waals surface area contributed by atoms with Gasteiger partial charge in [0.25, 0.3) is 11.6 Å². The predicted octanol–water partition coefficient (Wildman–Crippen LogP) is 2.13. The number of carbonyl (C=O) groups excluding carboxylic acids is 1. The Labute approximate surface area is 118 Å². The molecule has 0 radical (unpaired) electrons. The molecule has 1 amide bonds. The third-order valence-corrected chi connectivity index (χ3v) is 3.02. The first-order chi connectivity index (χ1) is 9.63. The number of para-hydroxylation sites is 1. The van der Waals surface area contributed by atoms with Crippen LogP contribution in [0.4, 0.5) is 16.4 Å². The summed E-state index contributed by atoms with van der Waals surface area (Å²) >= 11 is 1.03. The average molecular weight is 293 g/mol. The number of benzene rings is 1. The molecule has 9 heteroatoms. The number of nitro benzene ring substituents is 1. The summed E-state index contributed by atoms with van der Waals surface area (Å²) in [6.07, 6.45) is 1.41. The fourth-order valence-electron chi connectivity index (χ4n) is 1.65. The highest BCUT2D eigenvalue weighted by molar-refractivity contribution is 7.10. The Bertz CT molecular complexity index is 629. The topological polar surface area (TPSA) is 110 Å². The van der Waals surface area contributed by atoms with E-state index in [1.807, 2.05) is 0 Å². The number of amides is 1. The minimum Gasteiger partial charge on any atom is -0.379 e. The fraction of sp³-hybridized carbons (Fsp3) is 0.182. The number of nitrogens with one attached hydrogen (secondary N) is 2. The van der Waals surface area contributed by atoms with Gasteiger partial charge in [-0.05, 0) is 13.0 Å². The molecule has 0 saturated carbocycles. The van der Waals surface area contributed by atoms with Crippen molar-refractivity contribution in [3.8, 4) is 0 Å². The van der Waals surface area contributed by atoms with Crippen molar-refractivity contribution in [3.05, 3.63) is 40.1 Å². The molecule has 104 valence electrons. The molecule has 0 aliphatic heterocycles. The molecule has 0 fully saturated rings. The lowest BCUT2D eigenvalue weighted by molar-refractivity contribution is -0.384. The van der Waals surface area contributed by atoms with Crippen LogP contribution in [0.25, 0.3) is 0 Å². The summed E-state index contributed by atoms with van der Waals surface area (Å²) in [5.41, 5.74) is 0.270. The van der Waals surface area contributed by atoms with Gasteiger partial charge in [-0.25, -0.2) is 0 Å². The molecule has 1 aromatic carbocycles. The lowest BCUT2D eigenvalue weighted by Gasteiger charge is -2.10. The SMILES string of the molecule is CCNc1c(C(=O)Nc2cnns2)cccc1[N+](=O)[O-]. The maximum atomic E-state index is 12.2. The Kier molecular flexibility index (Phi) is 4.20. The quantitative estimate of drug-likeness (QED) is 0.645. The van der Waals surface area contributed by atoms with Crippen molar-refractivity contribution >= 4 is 33.8 Å². The number of nitro groups is 1. The highest BCUT2D eigenvalue weighted by atomic mass is 32.1. The lowest BCUT2D eigenvalue weighted by Crippen LogP contribution is -2.15. The zero-order valence-corrected chi connectivity index (χ0v) is 11.3. The van der Waals surface area contributed by atoms with E-state index in [1.165, 1.54) is 24.4 Å². The van der Waals surface area contributed by atoms with Crippen molar-refractivity contribution in [2.45, 2.75) is 6.92 Å². The summed E-state index contributed by atoms with van der Waals surface area (Å²) in [7, 11) is 0. The normalized spacial score (nSPS) is 10.1. The highest BCUT2D eigenvalue weighted by Gasteiger charge is 2.21. The number of anilines is 2. The van der Waals surface area contributed by atoms with Gasteiger partial charge in [-0.15, -0.1) is 5.10 Å². The van der Waals surface area contributed by atoms with Gasteiger partial charge in [-0.3, -0.25) is 14.9 Å². The van der Waals surface area contributed by atoms with E-state index in [2.05, 4.69) is 20.2 Å². The van der Waals surface area contributed by atoms with Gasteiger partial charge in [0.15, 0.2) is 0 Å². The van der Waals surface area contributed by atoms with E-state index >= 15 is 0 Å². The number of rotatable bonds is 5.